The first-order valence-electron chi connectivity index (χ1n) is 5.06. The van der Waals surface area contributed by atoms with Crippen LogP contribution >= 0.6 is 11.3 Å². The van der Waals surface area contributed by atoms with Crippen molar-refractivity contribution >= 4 is 17.2 Å². The number of rotatable bonds is 5. The van der Waals surface area contributed by atoms with Gasteiger partial charge in [-0.05, 0) is 20.8 Å². The van der Waals surface area contributed by atoms with Crippen molar-refractivity contribution in [1.82, 2.24) is 15.6 Å². The lowest BCUT2D eigenvalue weighted by Crippen LogP contribution is -2.34. The van der Waals surface area contributed by atoms with Crippen LogP contribution < -0.4 is 10.6 Å². The second-order valence-corrected chi connectivity index (χ2v) is 4.63. The number of hydrogen-bond donors (Lipinski definition) is 2. The van der Waals surface area contributed by atoms with E-state index in [2.05, 4.69) is 15.6 Å². The molecule has 0 saturated heterocycles. The summed E-state index contributed by atoms with van der Waals surface area (Å²) >= 11 is 1.66. The highest BCUT2D eigenvalue weighted by molar-refractivity contribution is 7.11. The van der Waals surface area contributed by atoms with Crippen LogP contribution in [0.15, 0.2) is 6.20 Å². The van der Waals surface area contributed by atoms with Crippen LogP contribution in [0.2, 0.25) is 0 Å². The van der Waals surface area contributed by atoms with Crippen LogP contribution in [0, 0.1) is 6.92 Å². The third-order valence-corrected chi connectivity index (χ3v) is 3.05. The predicted molar refractivity (Wildman–Crippen MR) is 62.0 cm³/mol. The average Bonchev–Trinajstić information content (AvgIpc) is 2.62. The van der Waals surface area contributed by atoms with Gasteiger partial charge in [0.2, 0.25) is 5.91 Å². The molecule has 0 fully saturated rings. The van der Waals surface area contributed by atoms with Crippen molar-refractivity contribution < 1.29 is 4.79 Å². The topological polar surface area (TPSA) is 54.0 Å². The summed E-state index contributed by atoms with van der Waals surface area (Å²) < 4.78 is 0. The molecule has 0 aliphatic rings. The van der Waals surface area contributed by atoms with Gasteiger partial charge >= 0.3 is 0 Å². The Morgan fingerprint density at radius 3 is 2.93 bits per heavy atom. The molecule has 1 rings (SSSR count). The van der Waals surface area contributed by atoms with Crippen LogP contribution in [0.5, 0.6) is 0 Å². The first-order chi connectivity index (χ1) is 7.13. The molecule has 1 atom stereocenters. The Morgan fingerprint density at radius 2 is 2.40 bits per heavy atom. The van der Waals surface area contributed by atoms with E-state index in [0.717, 1.165) is 5.01 Å². The standard InChI is InChI=1S/C10H17N3OS/c1-4-11-9(14)6-12-8(3)10-13-5-7(2)15-10/h5,8,12H,4,6H2,1-3H3,(H,11,14). The quantitative estimate of drug-likeness (QED) is 0.795. The summed E-state index contributed by atoms with van der Waals surface area (Å²) in [5.74, 6) is 0.0256. The number of carbonyl (C=O) groups excluding carboxylic acids is 1. The molecule has 0 saturated carbocycles. The molecule has 0 spiro atoms. The van der Waals surface area contributed by atoms with Gasteiger partial charge in [-0.2, -0.15) is 0 Å². The van der Waals surface area contributed by atoms with E-state index in [1.807, 2.05) is 27.0 Å². The molecule has 5 heteroatoms. The zero-order valence-electron chi connectivity index (χ0n) is 9.33. The molecule has 15 heavy (non-hydrogen) atoms. The maximum atomic E-state index is 11.2. The van der Waals surface area contributed by atoms with Gasteiger partial charge in [-0.1, -0.05) is 0 Å². The van der Waals surface area contributed by atoms with E-state index in [1.54, 1.807) is 11.3 Å². The number of nitrogens with zero attached hydrogens (tertiary/aromatic N) is 1. The van der Waals surface area contributed by atoms with Gasteiger partial charge in [-0.25, -0.2) is 4.98 Å². The van der Waals surface area contributed by atoms with Crippen molar-refractivity contribution in [3.8, 4) is 0 Å². The summed E-state index contributed by atoms with van der Waals surface area (Å²) in [6.45, 7) is 6.96. The van der Waals surface area contributed by atoms with Crippen molar-refractivity contribution in [3.63, 3.8) is 0 Å². The zero-order valence-corrected chi connectivity index (χ0v) is 10.1. The molecule has 1 unspecified atom stereocenters. The molecule has 84 valence electrons. The molecule has 1 aromatic heterocycles. The first-order valence-corrected chi connectivity index (χ1v) is 5.87. The normalized spacial score (nSPS) is 12.5. The third-order valence-electron chi connectivity index (χ3n) is 1.95. The largest absolute Gasteiger partial charge is 0.355 e. The number of aryl methyl sites for hydroxylation is 1. The number of thiazole rings is 1. The summed E-state index contributed by atoms with van der Waals surface area (Å²) in [4.78, 5) is 16.6. The van der Waals surface area contributed by atoms with Crippen molar-refractivity contribution in [3.05, 3.63) is 16.1 Å². The fourth-order valence-electron chi connectivity index (χ4n) is 1.17. The summed E-state index contributed by atoms with van der Waals surface area (Å²) in [5.41, 5.74) is 0. The lowest BCUT2D eigenvalue weighted by Gasteiger charge is -2.10. The molecular formula is C10H17N3OS. The monoisotopic (exact) mass is 227 g/mol. The van der Waals surface area contributed by atoms with Crippen LogP contribution in [0.1, 0.15) is 29.8 Å². The third kappa shape index (κ3) is 3.97. The van der Waals surface area contributed by atoms with Crippen molar-refractivity contribution in [2.75, 3.05) is 13.1 Å². The van der Waals surface area contributed by atoms with Crippen LogP contribution in [0.4, 0.5) is 0 Å². The number of hydrogen-bond acceptors (Lipinski definition) is 4. The van der Waals surface area contributed by atoms with E-state index in [0.29, 0.717) is 13.1 Å². The molecule has 0 aliphatic heterocycles. The Morgan fingerprint density at radius 1 is 1.67 bits per heavy atom. The smallest absolute Gasteiger partial charge is 0.233 e. The van der Waals surface area contributed by atoms with Crippen molar-refractivity contribution in [1.29, 1.82) is 0 Å². The van der Waals surface area contributed by atoms with Crippen LogP contribution in [0.3, 0.4) is 0 Å². The summed E-state index contributed by atoms with van der Waals surface area (Å²) in [7, 11) is 0. The minimum Gasteiger partial charge on any atom is -0.355 e. The second kappa shape index (κ2) is 5.82. The molecule has 2 N–H and O–H groups in total. The van der Waals surface area contributed by atoms with Gasteiger partial charge < -0.3 is 5.32 Å². The van der Waals surface area contributed by atoms with E-state index in [9.17, 15) is 4.79 Å². The lowest BCUT2D eigenvalue weighted by molar-refractivity contribution is -0.120. The number of carbonyl (C=O) groups is 1. The Kier molecular flexibility index (Phi) is 4.71. The maximum absolute atomic E-state index is 11.2. The highest BCUT2D eigenvalue weighted by Crippen LogP contribution is 2.18. The van der Waals surface area contributed by atoms with E-state index < -0.39 is 0 Å². The minimum absolute atomic E-state index is 0.0256. The summed E-state index contributed by atoms with van der Waals surface area (Å²) in [5, 5.41) is 6.90. The maximum Gasteiger partial charge on any atom is 0.233 e. The molecule has 0 bridgehead atoms. The molecule has 0 radical (unpaired) electrons. The molecule has 1 amide bonds. The highest BCUT2D eigenvalue weighted by atomic mass is 32.1. The molecule has 0 aromatic carbocycles. The Labute approximate surface area is 94.1 Å². The van der Waals surface area contributed by atoms with E-state index in [4.69, 9.17) is 0 Å². The average molecular weight is 227 g/mol. The van der Waals surface area contributed by atoms with Gasteiger partial charge in [0.25, 0.3) is 0 Å². The van der Waals surface area contributed by atoms with Crippen molar-refractivity contribution in [2.24, 2.45) is 0 Å². The van der Waals surface area contributed by atoms with Gasteiger partial charge in [-0.3, -0.25) is 10.1 Å². The highest BCUT2D eigenvalue weighted by Gasteiger charge is 2.09. The Hall–Kier alpha value is -0.940. The number of amides is 1. The van der Waals surface area contributed by atoms with Crippen LogP contribution in [-0.2, 0) is 4.79 Å². The number of aromatic nitrogens is 1. The first kappa shape index (κ1) is 12.1. The van der Waals surface area contributed by atoms with Crippen LogP contribution in [0.25, 0.3) is 0 Å². The molecule has 0 aliphatic carbocycles. The zero-order chi connectivity index (χ0) is 11.3. The van der Waals surface area contributed by atoms with Gasteiger partial charge in [0.05, 0.1) is 12.6 Å². The van der Waals surface area contributed by atoms with Crippen molar-refractivity contribution in [2.45, 2.75) is 26.8 Å². The van der Waals surface area contributed by atoms with Gasteiger partial charge in [0.15, 0.2) is 0 Å². The van der Waals surface area contributed by atoms with Gasteiger partial charge in [0, 0.05) is 17.6 Å². The fourth-order valence-corrected chi connectivity index (χ4v) is 1.97. The SMILES string of the molecule is CCNC(=O)CNC(C)c1ncc(C)s1. The lowest BCUT2D eigenvalue weighted by atomic mass is 10.3. The summed E-state index contributed by atoms with van der Waals surface area (Å²) in [6, 6.07) is 0.131. The van der Waals surface area contributed by atoms with Gasteiger partial charge in [0.1, 0.15) is 5.01 Å². The molecule has 1 aromatic rings. The Balaban J connectivity index is 2.36. The number of nitrogens with one attached hydrogen (secondary N) is 2. The van der Waals surface area contributed by atoms with Crippen LogP contribution in [-0.4, -0.2) is 24.0 Å². The second-order valence-electron chi connectivity index (χ2n) is 3.37. The predicted octanol–water partition coefficient (Wildman–Crippen LogP) is 1.24. The number of likely N-dealkylation sites (N-methyl/N-ethyl adjacent to an activating group) is 1. The Bertz CT molecular complexity index is 324. The molecular weight excluding hydrogens is 210 g/mol. The fraction of sp³-hybridized carbons (Fsp3) is 0.600. The molecule has 4 nitrogen and oxygen atoms in total. The summed E-state index contributed by atoms with van der Waals surface area (Å²) in [6.07, 6.45) is 1.85. The minimum atomic E-state index is 0.0256. The van der Waals surface area contributed by atoms with Gasteiger partial charge in [-0.15, -0.1) is 11.3 Å². The van der Waals surface area contributed by atoms with E-state index in [-0.39, 0.29) is 11.9 Å². The van der Waals surface area contributed by atoms with E-state index >= 15 is 0 Å². The van der Waals surface area contributed by atoms with E-state index in [1.165, 1.54) is 4.88 Å². The molecule has 1 heterocycles.